The highest BCUT2D eigenvalue weighted by Gasteiger charge is 1.77. The zero-order chi connectivity index (χ0) is 6.41. The van der Waals surface area contributed by atoms with Crippen LogP contribution in [-0.2, 0) is 0 Å². The minimum atomic E-state index is 1.35. The number of hydrogen-bond donors (Lipinski definition) is 0. The minimum absolute atomic E-state index is 1.35. The molecule has 0 nitrogen and oxygen atoms in total. The molecule has 0 aliphatic heterocycles. The quantitative estimate of drug-likeness (QED) is 0.610. The lowest BCUT2D eigenvalue weighted by Gasteiger charge is -1.62. The molecular weight excluding hydrogens is 231 g/mol. The molecular formula is C6H9IS. The fourth-order valence-corrected chi connectivity index (χ4v) is 1.35. The Balaban J connectivity index is 0.000000222. The molecule has 0 unspecified atom stereocenters. The van der Waals surface area contributed by atoms with Gasteiger partial charge in [-0.3, -0.25) is 0 Å². The molecule has 0 saturated carbocycles. The first-order valence-corrected chi connectivity index (χ1v) is 4.54. The lowest BCUT2D eigenvalue weighted by atomic mass is 10.7. The molecule has 0 spiro atoms. The van der Waals surface area contributed by atoms with Crippen LogP contribution in [0.2, 0.25) is 0 Å². The maximum absolute atomic E-state index is 2.29. The van der Waals surface area contributed by atoms with Crippen LogP contribution in [-0.4, -0.2) is 0 Å². The third kappa shape index (κ3) is 3.43. The molecule has 0 atom stereocenters. The van der Waals surface area contributed by atoms with Crippen LogP contribution in [0.5, 0.6) is 0 Å². The monoisotopic (exact) mass is 240 g/mol. The Hall–Kier alpha value is 0.430. The van der Waals surface area contributed by atoms with Crippen molar-refractivity contribution in [3.8, 4) is 0 Å². The molecule has 0 bridgehead atoms. The van der Waals surface area contributed by atoms with Crippen LogP contribution >= 0.6 is 33.9 Å². The summed E-state index contributed by atoms with van der Waals surface area (Å²) < 4.78 is 1.35. The molecule has 1 heterocycles. The van der Waals surface area contributed by atoms with Crippen molar-refractivity contribution < 1.29 is 0 Å². The second-order valence-electron chi connectivity index (χ2n) is 0.917. The summed E-state index contributed by atoms with van der Waals surface area (Å²) in [6.07, 6.45) is 0. The summed E-state index contributed by atoms with van der Waals surface area (Å²) in [4.78, 5) is 0. The van der Waals surface area contributed by atoms with Crippen molar-refractivity contribution in [1.82, 2.24) is 0 Å². The molecule has 1 aromatic rings. The molecule has 2 heteroatoms. The van der Waals surface area contributed by atoms with Crippen LogP contribution in [0, 0.1) is 2.88 Å². The van der Waals surface area contributed by atoms with Crippen LogP contribution in [0.15, 0.2) is 17.5 Å². The molecule has 0 saturated heterocycles. The van der Waals surface area contributed by atoms with E-state index in [-0.39, 0.29) is 0 Å². The second-order valence-corrected chi connectivity index (χ2v) is 3.76. The van der Waals surface area contributed by atoms with E-state index < -0.39 is 0 Å². The Morgan fingerprint density at radius 3 is 2.25 bits per heavy atom. The van der Waals surface area contributed by atoms with Gasteiger partial charge in [0, 0.05) is 0 Å². The van der Waals surface area contributed by atoms with Crippen molar-refractivity contribution in [2.24, 2.45) is 0 Å². The third-order valence-electron chi connectivity index (χ3n) is 0.486. The summed E-state index contributed by atoms with van der Waals surface area (Å²) in [7, 11) is 0. The molecule has 1 aromatic heterocycles. The summed E-state index contributed by atoms with van der Waals surface area (Å²) >= 11 is 4.06. The molecule has 0 aromatic carbocycles. The summed E-state index contributed by atoms with van der Waals surface area (Å²) in [5.74, 6) is 0. The predicted octanol–water partition coefficient (Wildman–Crippen LogP) is 3.38. The summed E-state index contributed by atoms with van der Waals surface area (Å²) in [6.45, 7) is 4.00. The fourth-order valence-electron chi connectivity index (χ4n) is 0.259. The van der Waals surface area contributed by atoms with Crippen molar-refractivity contribution in [3.63, 3.8) is 0 Å². The summed E-state index contributed by atoms with van der Waals surface area (Å²) in [6, 6.07) is 4.14. The predicted molar refractivity (Wildman–Crippen MR) is 48.4 cm³/mol. The van der Waals surface area contributed by atoms with E-state index in [1.54, 1.807) is 11.3 Å². The second kappa shape index (κ2) is 5.56. The molecule has 0 radical (unpaired) electrons. The van der Waals surface area contributed by atoms with Crippen LogP contribution in [0.1, 0.15) is 13.8 Å². The van der Waals surface area contributed by atoms with Gasteiger partial charge in [-0.05, 0) is 34.0 Å². The molecule has 0 aliphatic carbocycles. The average molecular weight is 240 g/mol. The Morgan fingerprint density at radius 2 is 2.12 bits per heavy atom. The summed E-state index contributed by atoms with van der Waals surface area (Å²) in [5.41, 5.74) is 0. The van der Waals surface area contributed by atoms with Crippen molar-refractivity contribution in [2.75, 3.05) is 0 Å². The molecule has 1 rings (SSSR count). The maximum Gasteiger partial charge on any atom is 0.0653 e. The van der Waals surface area contributed by atoms with Gasteiger partial charge in [-0.25, -0.2) is 0 Å². The Bertz CT molecular complexity index is 112. The highest BCUT2D eigenvalue weighted by molar-refractivity contribution is 14.1. The molecule has 8 heavy (non-hydrogen) atoms. The van der Waals surface area contributed by atoms with E-state index in [4.69, 9.17) is 0 Å². The van der Waals surface area contributed by atoms with E-state index in [2.05, 4.69) is 34.0 Å². The zero-order valence-corrected chi connectivity index (χ0v) is 7.99. The van der Waals surface area contributed by atoms with Crippen molar-refractivity contribution in [3.05, 3.63) is 20.4 Å². The van der Waals surface area contributed by atoms with Gasteiger partial charge in [-0.1, -0.05) is 19.9 Å². The van der Waals surface area contributed by atoms with Crippen molar-refractivity contribution >= 4 is 33.9 Å². The van der Waals surface area contributed by atoms with Crippen LogP contribution in [0.4, 0.5) is 0 Å². The van der Waals surface area contributed by atoms with Crippen LogP contribution in [0.25, 0.3) is 0 Å². The Kier molecular flexibility index (Phi) is 5.86. The van der Waals surface area contributed by atoms with E-state index in [0.29, 0.717) is 0 Å². The van der Waals surface area contributed by atoms with Crippen LogP contribution < -0.4 is 0 Å². The van der Waals surface area contributed by atoms with Crippen molar-refractivity contribution in [1.29, 1.82) is 0 Å². The fraction of sp³-hybridized carbons (Fsp3) is 0.333. The van der Waals surface area contributed by atoms with Gasteiger partial charge in [0.15, 0.2) is 0 Å². The topological polar surface area (TPSA) is 0 Å². The molecule has 46 valence electrons. The van der Waals surface area contributed by atoms with Gasteiger partial charge in [-0.2, -0.15) is 0 Å². The van der Waals surface area contributed by atoms with Gasteiger partial charge in [0.2, 0.25) is 0 Å². The first-order valence-electron chi connectivity index (χ1n) is 2.58. The average Bonchev–Trinajstić information content (AvgIpc) is 2.24. The first-order chi connectivity index (χ1) is 3.89. The van der Waals surface area contributed by atoms with Crippen molar-refractivity contribution in [2.45, 2.75) is 13.8 Å². The largest absolute Gasteiger partial charge is 0.138 e. The van der Waals surface area contributed by atoms with E-state index in [0.717, 1.165) is 0 Å². The van der Waals surface area contributed by atoms with Gasteiger partial charge in [0.25, 0.3) is 0 Å². The van der Waals surface area contributed by atoms with Gasteiger partial charge in [0.05, 0.1) is 2.88 Å². The van der Waals surface area contributed by atoms with Gasteiger partial charge in [0.1, 0.15) is 0 Å². The zero-order valence-electron chi connectivity index (χ0n) is 5.02. The van der Waals surface area contributed by atoms with E-state index >= 15 is 0 Å². The lowest BCUT2D eigenvalue weighted by molar-refractivity contribution is 1.50. The van der Waals surface area contributed by atoms with E-state index in [9.17, 15) is 0 Å². The third-order valence-corrected chi connectivity index (χ3v) is 2.26. The highest BCUT2D eigenvalue weighted by atomic mass is 127. The Labute approximate surface area is 68.1 Å². The van der Waals surface area contributed by atoms with E-state index in [1.807, 2.05) is 19.9 Å². The molecule has 0 amide bonds. The van der Waals surface area contributed by atoms with Gasteiger partial charge >= 0.3 is 0 Å². The molecule has 0 aliphatic rings. The highest BCUT2D eigenvalue weighted by Crippen LogP contribution is 2.09. The molecule has 0 fully saturated rings. The normalized spacial score (nSPS) is 7.38. The standard InChI is InChI=1S/C4H3IS.C2H6/c5-4-2-1-3-6-4;1-2/h1-3H;1-2H3. The van der Waals surface area contributed by atoms with Gasteiger partial charge < -0.3 is 0 Å². The van der Waals surface area contributed by atoms with Crippen LogP contribution in [0.3, 0.4) is 0 Å². The number of thiophene rings is 1. The number of hydrogen-bond acceptors (Lipinski definition) is 1. The smallest absolute Gasteiger partial charge is 0.0653 e. The number of rotatable bonds is 0. The summed E-state index contributed by atoms with van der Waals surface area (Å²) in [5, 5.41) is 2.07. The SMILES string of the molecule is CC.Ic1cccs1. The Morgan fingerprint density at radius 1 is 1.50 bits per heavy atom. The lowest BCUT2D eigenvalue weighted by Crippen LogP contribution is -1.38. The number of halogens is 1. The minimum Gasteiger partial charge on any atom is -0.138 e. The molecule has 0 N–H and O–H groups in total. The maximum atomic E-state index is 2.29. The van der Waals surface area contributed by atoms with Gasteiger partial charge in [-0.15, -0.1) is 11.3 Å². The van der Waals surface area contributed by atoms with E-state index in [1.165, 1.54) is 2.88 Å². The first kappa shape index (κ1) is 8.43.